The molecule has 1 saturated heterocycles. The van der Waals surface area contributed by atoms with Crippen LogP contribution in [0, 0.1) is 0 Å². The molecule has 1 aliphatic rings. The monoisotopic (exact) mass is 250 g/mol. The van der Waals surface area contributed by atoms with Crippen LogP contribution < -0.4 is 15.0 Å². The first kappa shape index (κ1) is 12.9. The third-order valence-electron chi connectivity index (χ3n) is 3.08. The van der Waals surface area contributed by atoms with Gasteiger partial charge in [0.15, 0.2) is 0 Å². The number of aliphatic hydroxyl groups excluding tert-OH is 1. The molecule has 98 valence electrons. The van der Waals surface area contributed by atoms with Crippen molar-refractivity contribution in [1.29, 1.82) is 0 Å². The van der Waals surface area contributed by atoms with Crippen molar-refractivity contribution >= 4 is 11.6 Å². The Balaban J connectivity index is 2.20. The van der Waals surface area contributed by atoms with E-state index in [9.17, 15) is 9.90 Å². The third kappa shape index (κ3) is 2.63. The summed E-state index contributed by atoms with van der Waals surface area (Å²) in [5, 5.41) is 12.2. The maximum Gasteiger partial charge on any atom is 0.246 e. The largest absolute Gasteiger partial charge is 0.497 e. The number of ether oxygens (including phenoxy) is 1. The van der Waals surface area contributed by atoms with Gasteiger partial charge in [0.1, 0.15) is 11.8 Å². The number of benzene rings is 1. The minimum Gasteiger partial charge on any atom is -0.497 e. The maximum atomic E-state index is 12.2. The molecule has 1 aromatic rings. The second-order valence-electron chi connectivity index (χ2n) is 4.23. The topological polar surface area (TPSA) is 61.8 Å². The quantitative estimate of drug-likeness (QED) is 0.814. The van der Waals surface area contributed by atoms with Crippen LogP contribution >= 0.6 is 0 Å². The van der Waals surface area contributed by atoms with Crippen LogP contribution in [0.5, 0.6) is 5.75 Å². The summed E-state index contributed by atoms with van der Waals surface area (Å²) in [5.41, 5.74) is 0.836. The first-order chi connectivity index (χ1) is 8.76. The zero-order valence-electron chi connectivity index (χ0n) is 10.4. The fourth-order valence-electron chi connectivity index (χ4n) is 2.06. The lowest BCUT2D eigenvalue weighted by Crippen LogP contribution is -2.45. The summed E-state index contributed by atoms with van der Waals surface area (Å²) in [6.45, 7) is 1.23. The molecule has 1 fully saturated rings. The van der Waals surface area contributed by atoms with Crippen molar-refractivity contribution < 1.29 is 14.6 Å². The molecule has 18 heavy (non-hydrogen) atoms. The van der Waals surface area contributed by atoms with Crippen LogP contribution in [0.4, 0.5) is 5.69 Å². The predicted molar refractivity (Wildman–Crippen MR) is 68.8 cm³/mol. The Morgan fingerprint density at radius 2 is 2.17 bits per heavy atom. The molecule has 1 atom stereocenters. The minimum absolute atomic E-state index is 0.0832. The molecular formula is C13H18N2O3. The zero-order chi connectivity index (χ0) is 13.0. The number of rotatable bonds is 3. The fraction of sp³-hybridized carbons (Fsp3) is 0.462. The van der Waals surface area contributed by atoms with Gasteiger partial charge in [-0.05, 0) is 37.2 Å². The number of hydrogen-bond donors (Lipinski definition) is 2. The SMILES string of the molecule is COc1ccc(N2CCCNC(CO)C2=O)cc1. The van der Waals surface area contributed by atoms with E-state index in [1.54, 1.807) is 12.0 Å². The summed E-state index contributed by atoms with van der Waals surface area (Å²) in [7, 11) is 1.61. The van der Waals surface area contributed by atoms with Gasteiger partial charge >= 0.3 is 0 Å². The van der Waals surface area contributed by atoms with Crippen LogP contribution in [-0.2, 0) is 4.79 Å². The van der Waals surface area contributed by atoms with Crippen LogP contribution in [0.2, 0.25) is 0 Å². The second-order valence-corrected chi connectivity index (χ2v) is 4.23. The van der Waals surface area contributed by atoms with Crippen LogP contribution in [0.1, 0.15) is 6.42 Å². The van der Waals surface area contributed by atoms with Gasteiger partial charge in [-0.2, -0.15) is 0 Å². The Morgan fingerprint density at radius 1 is 1.44 bits per heavy atom. The molecule has 5 nitrogen and oxygen atoms in total. The highest BCUT2D eigenvalue weighted by Gasteiger charge is 2.26. The summed E-state index contributed by atoms with van der Waals surface area (Å²) < 4.78 is 5.09. The summed E-state index contributed by atoms with van der Waals surface area (Å²) in [6.07, 6.45) is 0.869. The van der Waals surface area contributed by atoms with Crippen LogP contribution in [0.15, 0.2) is 24.3 Å². The van der Waals surface area contributed by atoms with Gasteiger partial charge in [-0.15, -0.1) is 0 Å². The number of amides is 1. The van der Waals surface area contributed by atoms with Gasteiger partial charge in [-0.3, -0.25) is 4.79 Å². The summed E-state index contributed by atoms with van der Waals surface area (Å²) in [4.78, 5) is 13.9. The predicted octanol–water partition coefficient (Wildman–Crippen LogP) is 0.382. The van der Waals surface area contributed by atoms with Gasteiger partial charge in [0.25, 0.3) is 0 Å². The maximum absolute atomic E-state index is 12.2. The van der Waals surface area contributed by atoms with Crippen molar-refractivity contribution in [2.45, 2.75) is 12.5 Å². The van der Waals surface area contributed by atoms with E-state index in [-0.39, 0.29) is 12.5 Å². The molecule has 0 saturated carbocycles. The van der Waals surface area contributed by atoms with Crippen molar-refractivity contribution in [1.82, 2.24) is 5.32 Å². The number of carbonyl (C=O) groups is 1. The molecule has 2 rings (SSSR count). The molecule has 1 aliphatic heterocycles. The molecule has 1 heterocycles. The average Bonchev–Trinajstić information content (AvgIpc) is 2.60. The van der Waals surface area contributed by atoms with Crippen molar-refractivity contribution in [3.05, 3.63) is 24.3 Å². The van der Waals surface area contributed by atoms with Gasteiger partial charge in [0.2, 0.25) is 5.91 Å². The van der Waals surface area contributed by atoms with E-state index in [0.29, 0.717) is 6.54 Å². The van der Waals surface area contributed by atoms with E-state index in [1.807, 2.05) is 24.3 Å². The molecule has 5 heteroatoms. The smallest absolute Gasteiger partial charge is 0.246 e. The Morgan fingerprint density at radius 3 is 2.78 bits per heavy atom. The number of anilines is 1. The highest BCUT2D eigenvalue weighted by molar-refractivity contribution is 5.97. The highest BCUT2D eigenvalue weighted by atomic mass is 16.5. The van der Waals surface area contributed by atoms with Gasteiger partial charge in [-0.1, -0.05) is 0 Å². The lowest BCUT2D eigenvalue weighted by Gasteiger charge is -2.23. The van der Waals surface area contributed by atoms with Crippen LogP contribution in [0.25, 0.3) is 0 Å². The van der Waals surface area contributed by atoms with Gasteiger partial charge in [0.05, 0.1) is 13.7 Å². The fourth-order valence-corrected chi connectivity index (χ4v) is 2.06. The molecule has 1 amide bonds. The van der Waals surface area contributed by atoms with E-state index in [4.69, 9.17) is 4.74 Å². The number of aliphatic hydroxyl groups is 1. The standard InChI is InChI=1S/C13H18N2O3/c1-18-11-5-3-10(4-6-11)15-8-2-7-14-12(9-16)13(15)17/h3-6,12,14,16H,2,7-9H2,1H3. The molecule has 0 bridgehead atoms. The van der Waals surface area contributed by atoms with Crippen molar-refractivity contribution in [2.75, 3.05) is 31.7 Å². The van der Waals surface area contributed by atoms with E-state index >= 15 is 0 Å². The number of nitrogens with zero attached hydrogens (tertiary/aromatic N) is 1. The summed E-state index contributed by atoms with van der Waals surface area (Å²) in [5.74, 6) is 0.679. The van der Waals surface area contributed by atoms with Gasteiger partial charge in [-0.25, -0.2) is 0 Å². The third-order valence-corrected chi connectivity index (χ3v) is 3.08. The second kappa shape index (κ2) is 5.84. The lowest BCUT2D eigenvalue weighted by molar-refractivity contribution is -0.121. The Bertz CT molecular complexity index is 405. The number of methoxy groups -OCH3 is 1. The van der Waals surface area contributed by atoms with E-state index < -0.39 is 6.04 Å². The number of carbonyl (C=O) groups excluding carboxylic acids is 1. The number of hydrogen-bond acceptors (Lipinski definition) is 4. The first-order valence-electron chi connectivity index (χ1n) is 6.06. The van der Waals surface area contributed by atoms with Crippen LogP contribution in [0.3, 0.4) is 0 Å². The van der Waals surface area contributed by atoms with E-state index in [2.05, 4.69) is 5.32 Å². The summed E-state index contributed by atoms with van der Waals surface area (Å²) >= 11 is 0. The first-order valence-corrected chi connectivity index (χ1v) is 6.06. The van der Waals surface area contributed by atoms with Gasteiger partial charge < -0.3 is 20.1 Å². The highest BCUT2D eigenvalue weighted by Crippen LogP contribution is 2.21. The van der Waals surface area contributed by atoms with E-state index in [0.717, 1.165) is 24.4 Å². The normalized spacial score (nSPS) is 20.7. The molecule has 1 unspecified atom stereocenters. The van der Waals surface area contributed by atoms with Gasteiger partial charge in [0, 0.05) is 12.2 Å². The Kier molecular flexibility index (Phi) is 4.17. The van der Waals surface area contributed by atoms with Crippen LogP contribution in [-0.4, -0.2) is 43.9 Å². The zero-order valence-corrected chi connectivity index (χ0v) is 10.4. The van der Waals surface area contributed by atoms with Crippen molar-refractivity contribution in [3.8, 4) is 5.75 Å². The van der Waals surface area contributed by atoms with Crippen molar-refractivity contribution in [3.63, 3.8) is 0 Å². The molecule has 0 radical (unpaired) electrons. The molecule has 2 N–H and O–H groups in total. The van der Waals surface area contributed by atoms with E-state index in [1.165, 1.54) is 0 Å². The minimum atomic E-state index is -0.505. The summed E-state index contributed by atoms with van der Waals surface area (Å²) in [6, 6.07) is 6.87. The molecule has 0 spiro atoms. The molecular weight excluding hydrogens is 232 g/mol. The molecule has 1 aromatic carbocycles. The Labute approximate surface area is 106 Å². The lowest BCUT2D eigenvalue weighted by atomic mass is 10.2. The molecule has 0 aliphatic carbocycles. The Hall–Kier alpha value is -1.59. The average molecular weight is 250 g/mol. The number of nitrogens with one attached hydrogen (secondary N) is 1. The molecule has 0 aromatic heterocycles. The van der Waals surface area contributed by atoms with Crippen molar-refractivity contribution in [2.24, 2.45) is 0 Å².